The Kier molecular flexibility index (Phi) is 9.80. The van der Waals surface area contributed by atoms with E-state index in [1.54, 1.807) is 23.1 Å². The van der Waals surface area contributed by atoms with Crippen LogP contribution in [0.2, 0.25) is 0 Å². The van der Waals surface area contributed by atoms with E-state index in [0.29, 0.717) is 41.7 Å². The van der Waals surface area contributed by atoms with E-state index in [0.717, 1.165) is 6.54 Å². The molecule has 0 spiro atoms. The van der Waals surface area contributed by atoms with Crippen LogP contribution in [0.25, 0.3) is 0 Å². The number of fused-ring (bicyclic) bond motifs is 1. The summed E-state index contributed by atoms with van der Waals surface area (Å²) in [5.41, 5.74) is 1.14. The number of aliphatic hydroxyl groups excluding tert-OH is 1. The number of nitrogens with zero attached hydrogens (tertiary/aromatic N) is 2. The maximum atomic E-state index is 13.6. The zero-order valence-corrected chi connectivity index (χ0v) is 23.2. The number of aliphatic hydroxyl groups is 1. The van der Waals surface area contributed by atoms with Gasteiger partial charge in [0.25, 0.3) is 5.91 Å². The monoisotopic (exact) mass is 540 g/mol. The Morgan fingerprint density at radius 1 is 1.13 bits per heavy atom. The molecule has 0 aromatic heterocycles. The highest BCUT2D eigenvalue weighted by atomic mass is 19.1. The second-order valence-electron chi connectivity index (χ2n) is 11.1. The van der Waals surface area contributed by atoms with E-state index in [-0.39, 0.29) is 30.6 Å². The minimum absolute atomic E-state index is 0.0222. The Morgan fingerprint density at radius 2 is 1.85 bits per heavy atom. The zero-order chi connectivity index (χ0) is 27.9. The molecule has 1 fully saturated rings. The minimum atomic E-state index is -0.535. The molecule has 2 aromatic rings. The molecule has 1 aliphatic heterocycles. The molecule has 0 bridgehead atoms. The first-order valence-electron chi connectivity index (χ1n) is 14.0. The summed E-state index contributed by atoms with van der Waals surface area (Å²) in [6, 6.07) is 9.66. The molecule has 9 heteroatoms. The molecule has 4 rings (SSSR count). The van der Waals surface area contributed by atoms with Gasteiger partial charge in [-0.05, 0) is 69.1 Å². The Bertz CT molecular complexity index is 1120. The fourth-order valence-corrected chi connectivity index (χ4v) is 5.57. The van der Waals surface area contributed by atoms with Crippen LogP contribution in [0, 0.1) is 17.7 Å². The largest absolute Gasteiger partial charge is 0.486 e. The molecule has 2 aliphatic rings. The van der Waals surface area contributed by atoms with E-state index in [2.05, 4.69) is 29.5 Å². The topological polar surface area (TPSA) is 94.1 Å². The molecule has 1 heterocycles. The van der Waals surface area contributed by atoms with Gasteiger partial charge in [0.2, 0.25) is 0 Å². The lowest BCUT2D eigenvalue weighted by atomic mass is 9.89. The number of hydrogen-bond donors (Lipinski definition) is 3. The predicted octanol–water partition coefficient (Wildman–Crippen LogP) is 5.20. The lowest BCUT2D eigenvalue weighted by Gasteiger charge is -2.39. The zero-order valence-electron chi connectivity index (χ0n) is 23.2. The minimum Gasteiger partial charge on any atom is -0.486 e. The third-order valence-electron chi connectivity index (χ3n) is 7.83. The third kappa shape index (κ3) is 7.48. The van der Waals surface area contributed by atoms with Gasteiger partial charge in [-0.2, -0.15) is 0 Å². The first kappa shape index (κ1) is 28.8. The lowest BCUT2D eigenvalue weighted by Crippen LogP contribution is -2.50. The van der Waals surface area contributed by atoms with Crippen molar-refractivity contribution in [3.63, 3.8) is 0 Å². The number of benzene rings is 2. The molecule has 0 saturated heterocycles. The molecule has 0 radical (unpaired) electrons. The van der Waals surface area contributed by atoms with Gasteiger partial charge in [-0.25, -0.2) is 9.18 Å². The number of hydrogen-bond acceptors (Lipinski definition) is 5. The van der Waals surface area contributed by atoms with Crippen LogP contribution in [-0.4, -0.2) is 72.3 Å². The fourth-order valence-electron chi connectivity index (χ4n) is 5.57. The summed E-state index contributed by atoms with van der Waals surface area (Å²) in [5, 5.41) is 15.4. The maximum Gasteiger partial charge on any atom is 0.323 e. The first-order chi connectivity index (χ1) is 18.7. The van der Waals surface area contributed by atoms with Gasteiger partial charge in [0.05, 0.1) is 23.9 Å². The summed E-state index contributed by atoms with van der Waals surface area (Å²) in [6.07, 6.45) is 6.14. The highest BCUT2D eigenvalue weighted by Gasteiger charge is 2.35. The van der Waals surface area contributed by atoms with Gasteiger partial charge in [-0.1, -0.05) is 32.3 Å². The van der Waals surface area contributed by atoms with Crippen molar-refractivity contribution < 1.29 is 23.8 Å². The van der Waals surface area contributed by atoms with Crippen molar-refractivity contribution in [3.8, 4) is 5.75 Å². The van der Waals surface area contributed by atoms with Crippen LogP contribution in [-0.2, 0) is 0 Å². The van der Waals surface area contributed by atoms with Crippen molar-refractivity contribution in [2.24, 2.45) is 11.8 Å². The van der Waals surface area contributed by atoms with E-state index in [1.807, 2.05) is 6.92 Å². The smallest absolute Gasteiger partial charge is 0.323 e. The number of ether oxygens (including phenoxy) is 1. The number of nitrogens with one attached hydrogen (secondary N) is 2. The number of likely N-dealkylation sites (N-methyl/N-ethyl adjacent to an activating group) is 1. The third-order valence-corrected chi connectivity index (χ3v) is 7.83. The Labute approximate surface area is 230 Å². The highest BCUT2D eigenvalue weighted by molar-refractivity contribution is 6.04. The van der Waals surface area contributed by atoms with Gasteiger partial charge in [0, 0.05) is 31.2 Å². The number of carbonyl (C=O) groups is 2. The summed E-state index contributed by atoms with van der Waals surface area (Å²) in [6.45, 7) is 5.85. The highest BCUT2D eigenvalue weighted by Crippen LogP contribution is 2.35. The van der Waals surface area contributed by atoms with Gasteiger partial charge in [-0.15, -0.1) is 0 Å². The van der Waals surface area contributed by atoms with Crippen molar-refractivity contribution in [3.05, 3.63) is 53.8 Å². The average molecular weight is 541 g/mol. The number of halogens is 1. The van der Waals surface area contributed by atoms with Crippen molar-refractivity contribution in [1.29, 1.82) is 0 Å². The molecule has 8 nitrogen and oxygen atoms in total. The summed E-state index contributed by atoms with van der Waals surface area (Å²) in [4.78, 5) is 30.5. The summed E-state index contributed by atoms with van der Waals surface area (Å²) in [7, 11) is 2.12. The number of rotatable bonds is 8. The molecule has 2 aromatic carbocycles. The van der Waals surface area contributed by atoms with Crippen LogP contribution >= 0.6 is 0 Å². The van der Waals surface area contributed by atoms with E-state index >= 15 is 0 Å². The Hall–Kier alpha value is -3.17. The number of para-hydroxylation sites is 1. The fraction of sp³-hybridized carbons (Fsp3) is 0.533. The maximum absolute atomic E-state index is 13.6. The molecule has 3 amide bonds. The van der Waals surface area contributed by atoms with Crippen LogP contribution in [0.4, 0.5) is 20.6 Å². The van der Waals surface area contributed by atoms with Gasteiger partial charge in [0.15, 0.2) is 5.75 Å². The quantitative estimate of drug-likeness (QED) is 0.428. The van der Waals surface area contributed by atoms with Crippen LogP contribution in [0.3, 0.4) is 0 Å². The molecule has 3 N–H and O–H groups in total. The summed E-state index contributed by atoms with van der Waals surface area (Å²) < 4.78 is 19.9. The van der Waals surface area contributed by atoms with Crippen LogP contribution in [0.15, 0.2) is 42.5 Å². The van der Waals surface area contributed by atoms with Gasteiger partial charge < -0.3 is 30.3 Å². The van der Waals surface area contributed by atoms with Crippen molar-refractivity contribution in [1.82, 2.24) is 9.80 Å². The molecule has 39 heavy (non-hydrogen) atoms. The molecule has 1 saturated carbocycles. The van der Waals surface area contributed by atoms with Crippen LogP contribution in [0.1, 0.15) is 56.3 Å². The molecular formula is C30H41FN4O4. The van der Waals surface area contributed by atoms with Gasteiger partial charge >= 0.3 is 6.03 Å². The second-order valence-corrected chi connectivity index (χ2v) is 11.1. The van der Waals surface area contributed by atoms with E-state index < -0.39 is 11.8 Å². The van der Waals surface area contributed by atoms with E-state index in [4.69, 9.17) is 4.74 Å². The number of amides is 3. The van der Waals surface area contributed by atoms with Crippen LogP contribution < -0.4 is 15.4 Å². The molecule has 0 unspecified atom stereocenters. The number of carbonyl (C=O) groups excluding carboxylic acids is 2. The SMILES string of the molecule is C[C@@H]1CN([C@H](C)CO)C(=O)c2cccc(NC(=O)Nc3ccc(F)cc3)c2O[C@@H]1CN(C)CC1CCCCC1. The van der Waals surface area contributed by atoms with Crippen LogP contribution in [0.5, 0.6) is 5.75 Å². The van der Waals surface area contributed by atoms with Crippen molar-refractivity contribution in [2.45, 2.75) is 58.1 Å². The lowest BCUT2D eigenvalue weighted by molar-refractivity contribution is 0.0333. The van der Waals surface area contributed by atoms with Crippen molar-refractivity contribution >= 4 is 23.3 Å². The van der Waals surface area contributed by atoms with Gasteiger partial charge in [-0.3, -0.25) is 4.79 Å². The summed E-state index contributed by atoms with van der Waals surface area (Å²) >= 11 is 0. The number of urea groups is 1. The van der Waals surface area contributed by atoms with E-state index in [9.17, 15) is 19.1 Å². The Morgan fingerprint density at radius 3 is 2.54 bits per heavy atom. The second kappa shape index (κ2) is 13.3. The Balaban J connectivity index is 1.59. The first-order valence-corrected chi connectivity index (χ1v) is 14.0. The molecule has 3 atom stereocenters. The molecule has 212 valence electrons. The standard InChI is InChI=1S/C30H41FN4O4/c1-20-16-35(21(2)19-36)29(37)25-10-7-11-26(33-30(38)32-24-14-12-23(31)13-15-24)28(25)39-27(20)18-34(3)17-22-8-5-4-6-9-22/h7,10-15,20-22,27,36H,4-6,8-9,16-19H2,1-3H3,(H2,32,33,38)/t20-,21-,27-/m1/s1. The molecular weight excluding hydrogens is 499 g/mol. The average Bonchev–Trinajstić information content (AvgIpc) is 2.92. The summed E-state index contributed by atoms with van der Waals surface area (Å²) in [5.74, 6) is 0.322. The van der Waals surface area contributed by atoms with Gasteiger partial charge in [0.1, 0.15) is 11.9 Å². The van der Waals surface area contributed by atoms with E-state index in [1.165, 1.54) is 56.4 Å². The molecule has 1 aliphatic carbocycles. The predicted molar refractivity (Wildman–Crippen MR) is 151 cm³/mol. The normalized spacial score (nSPS) is 21.0. The van der Waals surface area contributed by atoms with Crippen molar-refractivity contribution in [2.75, 3.05) is 43.9 Å². The number of anilines is 2.